The summed E-state index contributed by atoms with van der Waals surface area (Å²) in [7, 11) is 0. The summed E-state index contributed by atoms with van der Waals surface area (Å²) in [5.74, 6) is -0.521. The van der Waals surface area contributed by atoms with Crippen molar-refractivity contribution in [1.29, 1.82) is 0 Å². The molecule has 1 saturated heterocycles. The minimum atomic E-state index is -0.303. The van der Waals surface area contributed by atoms with E-state index in [-0.39, 0.29) is 42.3 Å². The van der Waals surface area contributed by atoms with Gasteiger partial charge in [0.2, 0.25) is 5.91 Å². The van der Waals surface area contributed by atoms with Crippen molar-refractivity contribution >= 4 is 24.0 Å². The number of halogens is 2. The molecule has 0 unspecified atom stereocenters. The van der Waals surface area contributed by atoms with Crippen molar-refractivity contribution in [2.24, 2.45) is 0 Å². The number of anilines is 1. The van der Waals surface area contributed by atoms with E-state index in [1.165, 1.54) is 0 Å². The van der Waals surface area contributed by atoms with Gasteiger partial charge in [0.1, 0.15) is 5.82 Å². The summed E-state index contributed by atoms with van der Waals surface area (Å²) in [5.41, 5.74) is 1.94. The van der Waals surface area contributed by atoms with E-state index in [0.29, 0.717) is 38.3 Å². The van der Waals surface area contributed by atoms with Gasteiger partial charge >= 0.3 is 0 Å². The number of nitrogens with one attached hydrogen (secondary N) is 2. The molecule has 7 heteroatoms. The Kier molecular flexibility index (Phi) is 7.42. The molecule has 0 atom stereocenters. The van der Waals surface area contributed by atoms with E-state index >= 15 is 0 Å². The minimum Gasteiger partial charge on any atom is -0.381 e. The molecule has 5 nitrogen and oxygen atoms in total. The fraction of sp³-hybridized carbons (Fsp3) is 0.588. The van der Waals surface area contributed by atoms with Crippen LogP contribution in [0.5, 0.6) is 0 Å². The van der Waals surface area contributed by atoms with E-state index in [2.05, 4.69) is 10.6 Å². The lowest BCUT2D eigenvalue weighted by molar-refractivity contribution is -0.118. The number of ether oxygens (including phenoxy) is 2. The Labute approximate surface area is 147 Å². The maximum Gasteiger partial charge on any atom is 0.226 e. The lowest BCUT2D eigenvalue weighted by Crippen LogP contribution is -2.26. The molecule has 134 valence electrons. The van der Waals surface area contributed by atoms with Gasteiger partial charge in [0.15, 0.2) is 0 Å². The van der Waals surface area contributed by atoms with Crippen molar-refractivity contribution in [3.8, 4) is 0 Å². The highest BCUT2D eigenvalue weighted by molar-refractivity contribution is 5.91. The topological polar surface area (TPSA) is 59.6 Å². The molecule has 2 heterocycles. The van der Waals surface area contributed by atoms with Gasteiger partial charge in [0.05, 0.1) is 24.8 Å². The van der Waals surface area contributed by atoms with Crippen molar-refractivity contribution in [2.75, 3.05) is 31.7 Å². The van der Waals surface area contributed by atoms with Gasteiger partial charge in [-0.05, 0) is 43.0 Å². The molecule has 0 aromatic heterocycles. The van der Waals surface area contributed by atoms with Crippen LogP contribution >= 0.6 is 12.4 Å². The van der Waals surface area contributed by atoms with Crippen molar-refractivity contribution in [3.63, 3.8) is 0 Å². The predicted octanol–water partition coefficient (Wildman–Crippen LogP) is 2.42. The van der Waals surface area contributed by atoms with Crippen LogP contribution in [0.15, 0.2) is 12.1 Å². The molecule has 2 aliphatic heterocycles. The fourth-order valence-electron chi connectivity index (χ4n) is 3.00. The number of fused-ring (bicyclic) bond motifs is 1. The van der Waals surface area contributed by atoms with Gasteiger partial charge in [-0.3, -0.25) is 4.79 Å². The maximum atomic E-state index is 14.4. The lowest BCUT2D eigenvalue weighted by atomic mass is 9.99. The van der Waals surface area contributed by atoms with Crippen molar-refractivity contribution in [3.05, 3.63) is 29.1 Å². The Morgan fingerprint density at radius 2 is 2.17 bits per heavy atom. The highest BCUT2D eigenvalue weighted by Gasteiger charge is 2.18. The van der Waals surface area contributed by atoms with E-state index < -0.39 is 0 Å². The van der Waals surface area contributed by atoms with Crippen LogP contribution in [0.4, 0.5) is 10.1 Å². The van der Waals surface area contributed by atoms with Crippen LogP contribution in [-0.4, -0.2) is 38.4 Å². The predicted molar refractivity (Wildman–Crippen MR) is 92.1 cm³/mol. The van der Waals surface area contributed by atoms with E-state index in [1.807, 2.05) is 6.07 Å². The molecule has 3 rings (SSSR count). The SMILES string of the molecule is Cl.O=C(CCOC1CCOCC1)Nc1ccc2c(c1F)CCNC2. The fourth-order valence-corrected chi connectivity index (χ4v) is 3.00. The summed E-state index contributed by atoms with van der Waals surface area (Å²) >= 11 is 0. The second kappa shape index (κ2) is 9.32. The Morgan fingerprint density at radius 1 is 1.38 bits per heavy atom. The zero-order chi connectivity index (χ0) is 16.1. The van der Waals surface area contributed by atoms with Gasteiger partial charge in [0, 0.05) is 19.8 Å². The van der Waals surface area contributed by atoms with Gasteiger partial charge in [-0.1, -0.05) is 6.07 Å². The normalized spacial score (nSPS) is 17.7. The second-order valence-electron chi connectivity index (χ2n) is 5.97. The van der Waals surface area contributed by atoms with Gasteiger partial charge < -0.3 is 20.1 Å². The van der Waals surface area contributed by atoms with E-state index in [0.717, 1.165) is 24.9 Å². The molecule has 1 fully saturated rings. The Bertz CT molecular complexity index is 565. The van der Waals surface area contributed by atoms with Gasteiger partial charge in [-0.25, -0.2) is 4.39 Å². The molecule has 0 bridgehead atoms. The van der Waals surface area contributed by atoms with Crippen molar-refractivity contribution < 1.29 is 18.7 Å². The van der Waals surface area contributed by atoms with Gasteiger partial charge in [-0.15, -0.1) is 12.4 Å². The monoisotopic (exact) mass is 358 g/mol. The zero-order valence-corrected chi connectivity index (χ0v) is 14.4. The first-order valence-electron chi connectivity index (χ1n) is 8.24. The molecule has 2 aliphatic rings. The molecule has 0 radical (unpaired) electrons. The van der Waals surface area contributed by atoms with Crippen LogP contribution in [0.25, 0.3) is 0 Å². The summed E-state index contributed by atoms with van der Waals surface area (Å²) in [6, 6.07) is 3.51. The largest absolute Gasteiger partial charge is 0.381 e. The Hall–Kier alpha value is -1.21. The smallest absolute Gasteiger partial charge is 0.226 e. The number of benzene rings is 1. The highest BCUT2D eigenvalue weighted by atomic mass is 35.5. The molecular formula is C17H24ClFN2O3. The average Bonchev–Trinajstić information content (AvgIpc) is 2.59. The molecule has 1 amide bonds. The van der Waals surface area contributed by atoms with Crippen molar-refractivity contribution in [1.82, 2.24) is 5.32 Å². The molecule has 2 N–H and O–H groups in total. The number of carbonyl (C=O) groups excluding carboxylic acids is 1. The summed E-state index contributed by atoms with van der Waals surface area (Å²) in [4.78, 5) is 12.0. The number of hydrogen-bond acceptors (Lipinski definition) is 4. The third-order valence-corrected chi connectivity index (χ3v) is 4.33. The summed E-state index contributed by atoms with van der Waals surface area (Å²) in [5, 5.41) is 5.87. The number of hydrogen-bond donors (Lipinski definition) is 2. The Balaban J connectivity index is 0.00000208. The highest BCUT2D eigenvalue weighted by Crippen LogP contribution is 2.24. The van der Waals surface area contributed by atoms with E-state index in [9.17, 15) is 9.18 Å². The molecule has 1 aromatic carbocycles. The molecule has 0 saturated carbocycles. The standard InChI is InChI=1S/C17H23FN2O3.ClH/c18-17-14-3-7-19-11-12(14)1-2-15(17)20-16(21)6-10-23-13-4-8-22-9-5-13;/h1-2,13,19H,3-11H2,(H,20,21);1H. The van der Waals surface area contributed by atoms with Crippen LogP contribution < -0.4 is 10.6 Å². The van der Waals surface area contributed by atoms with E-state index in [1.54, 1.807) is 6.07 Å². The van der Waals surface area contributed by atoms with E-state index in [4.69, 9.17) is 9.47 Å². The van der Waals surface area contributed by atoms with Crippen LogP contribution in [-0.2, 0) is 27.2 Å². The number of amides is 1. The minimum absolute atomic E-state index is 0. The Morgan fingerprint density at radius 3 is 2.96 bits per heavy atom. The third kappa shape index (κ3) is 4.89. The molecule has 0 spiro atoms. The molecule has 1 aromatic rings. The summed E-state index contributed by atoms with van der Waals surface area (Å²) < 4.78 is 25.4. The second-order valence-corrected chi connectivity index (χ2v) is 5.97. The maximum absolute atomic E-state index is 14.4. The first kappa shape index (κ1) is 19.1. The van der Waals surface area contributed by atoms with Gasteiger partial charge in [-0.2, -0.15) is 0 Å². The van der Waals surface area contributed by atoms with Crippen LogP contribution in [0, 0.1) is 5.82 Å². The van der Waals surface area contributed by atoms with Crippen LogP contribution in [0.2, 0.25) is 0 Å². The first-order valence-corrected chi connectivity index (χ1v) is 8.24. The van der Waals surface area contributed by atoms with Crippen LogP contribution in [0.3, 0.4) is 0 Å². The number of carbonyl (C=O) groups is 1. The van der Waals surface area contributed by atoms with Gasteiger partial charge in [0.25, 0.3) is 0 Å². The molecule has 0 aliphatic carbocycles. The van der Waals surface area contributed by atoms with Crippen molar-refractivity contribution in [2.45, 2.75) is 38.3 Å². The first-order chi connectivity index (χ1) is 11.2. The lowest BCUT2D eigenvalue weighted by Gasteiger charge is -2.22. The summed E-state index contributed by atoms with van der Waals surface area (Å²) in [6.07, 6.45) is 2.79. The molecule has 24 heavy (non-hydrogen) atoms. The quantitative estimate of drug-likeness (QED) is 0.848. The average molecular weight is 359 g/mol. The zero-order valence-electron chi connectivity index (χ0n) is 13.6. The number of rotatable bonds is 5. The summed E-state index contributed by atoms with van der Waals surface area (Å²) in [6.45, 7) is 3.23. The third-order valence-electron chi connectivity index (χ3n) is 4.33. The van der Waals surface area contributed by atoms with Crippen LogP contribution in [0.1, 0.15) is 30.4 Å². The molecular weight excluding hydrogens is 335 g/mol.